The first kappa shape index (κ1) is 13.1. The molecule has 0 amide bonds. The third-order valence-electron chi connectivity index (χ3n) is 2.61. The first-order valence-electron chi connectivity index (χ1n) is 5.99. The molecule has 0 saturated heterocycles. The van der Waals surface area contributed by atoms with Crippen LogP contribution in [0.4, 0.5) is 0 Å². The fraction of sp³-hybridized carbons (Fsp3) is 0.385. The maximum atomic E-state index is 5.93. The molecule has 0 spiro atoms. The predicted molar refractivity (Wildman–Crippen MR) is 70.6 cm³/mol. The number of aromatic nitrogens is 2. The summed E-state index contributed by atoms with van der Waals surface area (Å²) < 4.78 is 5.61. The van der Waals surface area contributed by atoms with Gasteiger partial charge in [0.25, 0.3) is 0 Å². The number of hydrogen-bond donors (Lipinski definition) is 1. The maximum Gasteiger partial charge on any atom is 0.233 e. The Kier molecular flexibility index (Phi) is 4.33. The molecule has 0 aliphatic heterocycles. The van der Waals surface area contributed by atoms with Crippen molar-refractivity contribution in [1.29, 1.82) is 0 Å². The second-order valence-electron chi connectivity index (χ2n) is 4.12. The van der Waals surface area contributed by atoms with Gasteiger partial charge in [-0.3, -0.25) is 0 Å². The summed E-state index contributed by atoms with van der Waals surface area (Å²) in [5.41, 5.74) is 1.06. The molecule has 2 aromatic rings. The minimum atomic E-state index is 0.0793. The average molecular weight is 266 g/mol. The van der Waals surface area contributed by atoms with Crippen LogP contribution in [-0.4, -0.2) is 16.7 Å². The number of rotatable bonds is 5. The molecule has 0 aliphatic carbocycles. The van der Waals surface area contributed by atoms with Crippen LogP contribution in [0.25, 0.3) is 0 Å². The fourth-order valence-electron chi connectivity index (χ4n) is 1.73. The molecular formula is C13H16ClN3O. The van der Waals surface area contributed by atoms with E-state index in [1.165, 1.54) is 0 Å². The van der Waals surface area contributed by atoms with Crippen molar-refractivity contribution in [2.24, 2.45) is 0 Å². The van der Waals surface area contributed by atoms with Gasteiger partial charge in [-0.25, -0.2) is 0 Å². The van der Waals surface area contributed by atoms with Gasteiger partial charge in [0.05, 0.1) is 12.5 Å². The first-order valence-corrected chi connectivity index (χ1v) is 6.37. The van der Waals surface area contributed by atoms with Gasteiger partial charge in [0.15, 0.2) is 0 Å². The summed E-state index contributed by atoms with van der Waals surface area (Å²) >= 11 is 5.93. The highest BCUT2D eigenvalue weighted by Crippen LogP contribution is 2.16. The number of hydrogen-bond acceptors (Lipinski definition) is 4. The molecule has 0 saturated carbocycles. The monoisotopic (exact) mass is 265 g/mol. The van der Waals surface area contributed by atoms with Crippen LogP contribution >= 0.6 is 11.6 Å². The van der Waals surface area contributed by atoms with Crippen LogP contribution in [0.2, 0.25) is 5.02 Å². The Labute approximate surface area is 111 Å². The van der Waals surface area contributed by atoms with Gasteiger partial charge < -0.3 is 9.73 Å². The van der Waals surface area contributed by atoms with Gasteiger partial charge in [0.2, 0.25) is 11.8 Å². The molecule has 0 aliphatic rings. The smallest absolute Gasteiger partial charge is 0.233 e. The molecule has 1 atom stereocenters. The van der Waals surface area contributed by atoms with E-state index in [-0.39, 0.29) is 6.04 Å². The van der Waals surface area contributed by atoms with Crippen LogP contribution in [0.5, 0.6) is 0 Å². The van der Waals surface area contributed by atoms with Crippen molar-refractivity contribution in [3.63, 3.8) is 0 Å². The quantitative estimate of drug-likeness (QED) is 0.903. The molecule has 1 aromatic carbocycles. The summed E-state index contributed by atoms with van der Waals surface area (Å²) in [7, 11) is 0. The molecule has 1 aromatic heterocycles. The van der Waals surface area contributed by atoms with Crippen molar-refractivity contribution >= 4 is 11.6 Å². The number of nitrogens with one attached hydrogen (secondary N) is 1. The van der Waals surface area contributed by atoms with Crippen molar-refractivity contribution in [3.05, 3.63) is 46.6 Å². The highest BCUT2D eigenvalue weighted by Gasteiger charge is 2.12. The molecule has 2 rings (SSSR count). The Morgan fingerprint density at radius 1 is 1.39 bits per heavy atom. The molecule has 0 bridgehead atoms. The first-order chi connectivity index (χ1) is 8.69. The SMILES string of the molecule is CCNC(C)c1nnc(Cc2cccc(Cl)c2)o1. The van der Waals surface area contributed by atoms with Gasteiger partial charge in [-0.05, 0) is 31.2 Å². The van der Waals surface area contributed by atoms with Crippen LogP contribution in [0.3, 0.4) is 0 Å². The Morgan fingerprint density at radius 2 is 2.22 bits per heavy atom. The van der Waals surface area contributed by atoms with Crippen molar-refractivity contribution < 1.29 is 4.42 Å². The van der Waals surface area contributed by atoms with Crippen LogP contribution < -0.4 is 5.32 Å². The second-order valence-corrected chi connectivity index (χ2v) is 4.56. The summed E-state index contributed by atoms with van der Waals surface area (Å²) in [6.07, 6.45) is 0.604. The number of benzene rings is 1. The molecule has 0 fully saturated rings. The van der Waals surface area contributed by atoms with E-state index in [2.05, 4.69) is 15.5 Å². The Balaban J connectivity index is 2.06. The zero-order chi connectivity index (χ0) is 13.0. The maximum absolute atomic E-state index is 5.93. The zero-order valence-electron chi connectivity index (χ0n) is 10.5. The summed E-state index contributed by atoms with van der Waals surface area (Å²) in [4.78, 5) is 0. The fourth-order valence-corrected chi connectivity index (χ4v) is 1.94. The highest BCUT2D eigenvalue weighted by atomic mass is 35.5. The van der Waals surface area contributed by atoms with Gasteiger partial charge in [-0.2, -0.15) is 0 Å². The van der Waals surface area contributed by atoms with Gasteiger partial charge in [-0.15, -0.1) is 10.2 Å². The zero-order valence-corrected chi connectivity index (χ0v) is 11.2. The molecular weight excluding hydrogens is 250 g/mol. The topological polar surface area (TPSA) is 51.0 Å². The van der Waals surface area contributed by atoms with Gasteiger partial charge in [0, 0.05) is 5.02 Å². The van der Waals surface area contributed by atoms with Crippen LogP contribution in [0.1, 0.15) is 37.2 Å². The van der Waals surface area contributed by atoms with Crippen molar-refractivity contribution in [2.75, 3.05) is 6.54 Å². The molecule has 18 heavy (non-hydrogen) atoms. The van der Waals surface area contributed by atoms with Gasteiger partial charge in [-0.1, -0.05) is 30.7 Å². The normalized spacial score (nSPS) is 12.6. The van der Waals surface area contributed by atoms with E-state index in [4.69, 9.17) is 16.0 Å². The van der Waals surface area contributed by atoms with E-state index in [0.717, 1.165) is 12.1 Å². The van der Waals surface area contributed by atoms with E-state index < -0.39 is 0 Å². The molecule has 4 nitrogen and oxygen atoms in total. The molecule has 5 heteroatoms. The summed E-state index contributed by atoms with van der Waals surface area (Å²) in [5.74, 6) is 1.23. The average Bonchev–Trinajstić information content (AvgIpc) is 2.78. The van der Waals surface area contributed by atoms with E-state index in [9.17, 15) is 0 Å². The minimum absolute atomic E-state index is 0.0793. The summed E-state index contributed by atoms with van der Waals surface area (Å²) in [5, 5.41) is 12.0. The Morgan fingerprint density at radius 3 is 2.94 bits per heavy atom. The third kappa shape index (κ3) is 3.31. The molecule has 1 N–H and O–H groups in total. The van der Waals surface area contributed by atoms with Crippen LogP contribution in [0, 0.1) is 0 Å². The molecule has 0 radical (unpaired) electrons. The largest absolute Gasteiger partial charge is 0.423 e. The second kappa shape index (κ2) is 5.98. The summed E-state index contributed by atoms with van der Waals surface area (Å²) in [6.45, 7) is 4.91. The summed E-state index contributed by atoms with van der Waals surface area (Å²) in [6, 6.07) is 7.73. The molecule has 96 valence electrons. The lowest BCUT2D eigenvalue weighted by atomic mass is 10.1. The van der Waals surface area contributed by atoms with E-state index in [1.807, 2.05) is 38.1 Å². The van der Waals surface area contributed by atoms with E-state index in [1.54, 1.807) is 0 Å². The standard InChI is InChI=1S/C13H16ClN3O/c1-3-15-9(2)13-17-16-12(18-13)8-10-5-4-6-11(14)7-10/h4-7,9,15H,3,8H2,1-2H3. The van der Waals surface area contributed by atoms with Gasteiger partial charge in [0.1, 0.15) is 0 Å². The van der Waals surface area contributed by atoms with Crippen molar-refractivity contribution in [2.45, 2.75) is 26.3 Å². The minimum Gasteiger partial charge on any atom is -0.423 e. The Hall–Kier alpha value is -1.39. The highest BCUT2D eigenvalue weighted by molar-refractivity contribution is 6.30. The van der Waals surface area contributed by atoms with E-state index >= 15 is 0 Å². The molecule has 1 unspecified atom stereocenters. The number of halogens is 1. The van der Waals surface area contributed by atoms with Crippen molar-refractivity contribution in [3.8, 4) is 0 Å². The lowest BCUT2D eigenvalue weighted by molar-refractivity contribution is 0.401. The van der Waals surface area contributed by atoms with Crippen LogP contribution in [-0.2, 0) is 6.42 Å². The van der Waals surface area contributed by atoms with Crippen LogP contribution in [0.15, 0.2) is 28.7 Å². The Bertz CT molecular complexity index is 512. The lowest BCUT2D eigenvalue weighted by Gasteiger charge is -2.05. The lowest BCUT2D eigenvalue weighted by Crippen LogP contribution is -2.17. The van der Waals surface area contributed by atoms with E-state index in [0.29, 0.717) is 23.2 Å². The van der Waals surface area contributed by atoms with Gasteiger partial charge >= 0.3 is 0 Å². The molecule has 1 heterocycles. The van der Waals surface area contributed by atoms with Crippen molar-refractivity contribution in [1.82, 2.24) is 15.5 Å². The predicted octanol–water partition coefficient (Wildman–Crippen LogP) is 2.98. The third-order valence-corrected chi connectivity index (χ3v) is 2.84. The number of nitrogens with zero attached hydrogens (tertiary/aromatic N) is 2.